The van der Waals surface area contributed by atoms with Crippen LogP contribution < -0.4 is 0 Å². The van der Waals surface area contributed by atoms with E-state index < -0.39 is 6.43 Å². The molecule has 0 saturated carbocycles. The van der Waals surface area contributed by atoms with Crippen LogP contribution in [0.3, 0.4) is 0 Å². The lowest BCUT2D eigenvalue weighted by Crippen LogP contribution is -2.18. The number of thioether (sulfide) groups is 1. The van der Waals surface area contributed by atoms with Gasteiger partial charge in [0, 0.05) is 23.8 Å². The van der Waals surface area contributed by atoms with Gasteiger partial charge < -0.3 is 4.84 Å². The van der Waals surface area contributed by atoms with E-state index in [1.54, 1.807) is 12.2 Å². The fraction of sp³-hybridized carbons (Fsp3) is 0.600. The lowest BCUT2D eigenvalue weighted by molar-refractivity contribution is 0.0123. The van der Waals surface area contributed by atoms with E-state index in [1.165, 1.54) is 16.4 Å². The van der Waals surface area contributed by atoms with Crippen molar-refractivity contribution in [3.63, 3.8) is 0 Å². The van der Waals surface area contributed by atoms with Crippen molar-refractivity contribution in [2.45, 2.75) is 52.2 Å². The van der Waals surface area contributed by atoms with Crippen LogP contribution in [-0.2, 0) is 4.84 Å². The first-order chi connectivity index (χ1) is 10.7. The summed E-state index contributed by atoms with van der Waals surface area (Å²) in [4.78, 5) is 5.28. The molecule has 0 bridgehead atoms. The Morgan fingerprint density at radius 3 is 2.65 bits per heavy atom. The highest BCUT2D eigenvalue weighted by atomic mass is 35.5. The first-order valence-electron chi connectivity index (χ1n) is 7.31. The van der Waals surface area contributed by atoms with Crippen LogP contribution in [-0.4, -0.2) is 26.2 Å². The Balaban J connectivity index is 2.04. The zero-order valence-electron chi connectivity index (χ0n) is 13.5. The van der Waals surface area contributed by atoms with Crippen LogP contribution in [0.4, 0.5) is 8.78 Å². The van der Waals surface area contributed by atoms with Crippen molar-refractivity contribution in [1.82, 2.24) is 9.78 Å². The molecule has 0 atom stereocenters. The maximum absolute atomic E-state index is 13.1. The average molecular weight is 364 g/mol. The van der Waals surface area contributed by atoms with E-state index >= 15 is 0 Å². The number of aromatic nitrogens is 2. The second-order valence-corrected chi connectivity index (χ2v) is 7.61. The second kappa shape index (κ2) is 7.21. The van der Waals surface area contributed by atoms with Crippen LogP contribution in [0.5, 0.6) is 0 Å². The molecule has 1 aliphatic heterocycles. The molecule has 0 spiro atoms. The maximum Gasteiger partial charge on any atom is 0.282 e. The topological polar surface area (TPSA) is 39.4 Å². The zero-order chi connectivity index (χ0) is 17.2. The fourth-order valence-corrected chi connectivity index (χ4v) is 3.41. The molecule has 1 aromatic heterocycles. The molecule has 2 heterocycles. The Labute approximate surface area is 143 Å². The summed E-state index contributed by atoms with van der Waals surface area (Å²) in [5.41, 5.74) is -0.273. The van der Waals surface area contributed by atoms with Crippen LogP contribution in [0.2, 0.25) is 5.15 Å². The van der Waals surface area contributed by atoms with Gasteiger partial charge in [-0.15, -0.1) is 11.8 Å². The molecule has 0 unspecified atom stereocenters. The Hall–Kier alpha value is -1.08. The van der Waals surface area contributed by atoms with Gasteiger partial charge in [0.25, 0.3) is 6.43 Å². The summed E-state index contributed by atoms with van der Waals surface area (Å²) in [6.07, 6.45) is 1.48. The largest absolute Gasteiger partial charge is 0.389 e. The predicted molar refractivity (Wildman–Crippen MR) is 91.3 cm³/mol. The first-order valence-corrected chi connectivity index (χ1v) is 8.68. The van der Waals surface area contributed by atoms with E-state index in [2.05, 4.69) is 10.3 Å². The molecule has 4 nitrogen and oxygen atoms in total. The number of rotatable bonds is 5. The van der Waals surface area contributed by atoms with Crippen molar-refractivity contribution in [2.24, 2.45) is 5.16 Å². The normalized spacial score (nSPS) is 17.3. The quantitative estimate of drug-likeness (QED) is 0.711. The van der Waals surface area contributed by atoms with Crippen molar-refractivity contribution < 1.29 is 13.6 Å². The number of oxime groups is 1. The average Bonchev–Trinajstić information content (AvgIpc) is 2.95. The summed E-state index contributed by atoms with van der Waals surface area (Å²) in [5, 5.41) is 9.06. The predicted octanol–water partition coefficient (Wildman–Crippen LogP) is 5.31. The van der Waals surface area contributed by atoms with Gasteiger partial charge in [-0.25, -0.2) is 8.78 Å². The third kappa shape index (κ3) is 4.47. The summed E-state index contributed by atoms with van der Waals surface area (Å²) in [5.74, 6) is 0.601. The van der Waals surface area contributed by atoms with Crippen LogP contribution >= 0.6 is 23.4 Å². The van der Waals surface area contributed by atoms with Gasteiger partial charge in [-0.1, -0.05) is 28.9 Å². The third-order valence-corrected chi connectivity index (χ3v) is 4.50. The summed E-state index contributed by atoms with van der Waals surface area (Å²) in [6.45, 7) is 7.62. The minimum Gasteiger partial charge on any atom is -0.389 e. The molecule has 1 aromatic rings. The molecule has 0 amide bonds. The van der Waals surface area contributed by atoms with Gasteiger partial charge in [0.2, 0.25) is 0 Å². The van der Waals surface area contributed by atoms with Crippen molar-refractivity contribution in [3.8, 4) is 0 Å². The van der Waals surface area contributed by atoms with E-state index in [1.807, 2.05) is 27.7 Å². The Kier molecular flexibility index (Phi) is 5.73. The molecule has 0 aliphatic carbocycles. The standard InChI is InChI=1S/C15H20ClF2N3OS/c1-9(2)21-13(16)10(12(19-21)14(17)18)6-5-7-23-11-8-15(3,4)22-20-11/h5-6,9,14H,7-8H2,1-4H3/b6-5+. The Morgan fingerprint density at radius 1 is 1.43 bits per heavy atom. The molecule has 0 aromatic carbocycles. The number of alkyl halides is 2. The fourth-order valence-electron chi connectivity index (χ4n) is 2.09. The monoisotopic (exact) mass is 363 g/mol. The Bertz CT molecular complexity index is 626. The van der Waals surface area contributed by atoms with Gasteiger partial charge in [-0.3, -0.25) is 4.68 Å². The van der Waals surface area contributed by atoms with Crippen LogP contribution in [0.15, 0.2) is 11.2 Å². The number of nitrogens with zero attached hydrogens (tertiary/aromatic N) is 3. The summed E-state index contributed by atoms with van der Waals surface area (Å²) < 4.78 is 27.6. The van der Waals surface area contributed by atoms with E-state index in [0.717, 1.165) is 11.5 Å². The van der Waals surface area contributed by atoms with Crippen molar-refractivity contribution in [2.75, 3.05) is 5.75 Å². The van der Waals surface area contributed by atoms with Crippen molar-refractivity contribution in [3.05, 3.63) is 22.5 Å². The highest BCUT2D eigenvalue weighted by Gasteiger charge is 2.28. The Morgan fingerprint density at radius 2 is 2.13 bits per heavy atom. The minimum absolute atomic E-state index is 0.0799. The van der Waals surface area contributed by atoms with E-state index in [0.29, 0.717) is 5.75 Å². The lowest BCUT2D eigenvalue weighted by atomic mass is 10.1. The molecule has 23 heavy (non-hydrogen) atoms. The minimum atomic E-state index is -2.66. The van der Waals surface area contributed by atoms with Gasteiger partial charge in [0.15, 0.2) is 0 Å². The molecule has 0 N–H and O–H groups in total. The second-order valence-electron chi connectivity index (χ2n) is 6.15. The molecule has 128 valence electrons. The van der Waals surface area contributed by atoms with Crippen molar-refractivity contribution >= 4 is 34.5 Å². The molecule has 1 aliphatic rings. The van der Waals surface area contributed by atoms with Crippen LogP contribution in [0, 0.1) is 0 Å². The molecular formula is C15H20ClF2N3OS. The maximum atomic E-state index is 13.1. The highest BCUT2D eigenvalue weighted by molar-refractivity contribution is 8.14. The number of hydrogen-bond donors (Lipinski definition) is 0. The van der Waals surface area contributed by atoms with E-state index in [-0.39, 0.29) is 28.1 Å². The highest BCUT2D eigenvalue weighted by Crippen LogP contribution is 2.31. The summed E-state index contributed by atoms with van der Waals surface area (Å²) >= 11 is 7.70. The van der Waals surface area contributed by atoms with Crippen LogP contribution in [0.1, 0.15) is 57.8 Å². The molecule has 2 rings (SSSR count). The first kappa shape index (κ1) is 18.3. The molecule has 0 radical (unpaired) electrons. The lowest BCUT2D eigenvalue weighted by Gasteiger charge is -2.12. The van der Waals surface area contributed by atoms with Gasteiger partial charge in [0.1, 0.15) is 21.5 Å². The van der Waals surface area contributed by atoms with Gasteiger partial charge >= 0.3 is 0 Å². The van der Waals surface area contributed by atoms with Gasteiger partial charge in [-0.2, -0.15) is 5.10 Å². The third-order valence-electron chi connectivity index (χ3n) is 3.21. The molecule has 8 heteroatoms. The van der Waals surface area contributed by atoms with Gasteiger partial charge in [0.05, 0.1) is 0 Å². The zero-order valence-corrected chi connectivity index (χ0v) is 15.1. The van der Waals surface area contributed by atoms with Gasteiger partial charge in [-0.05, 0) is 27.7 Å². The molecule has 0 saturated heterocycles. The summed E-state index contributed by atoms with van der Waals surface area (Å²) in [7, 11) is 0. The smallest absolute Gasteiger partial charge is 0.282 e. The van der Waals surface area contributed by atoms with Crippen LogP contribution in [0.25, 0.3) is 6.08 Å². The summed E-state index contributed by atoms with van der Waals surface area (Å²) in [6, 6.07) is -0.0799. The SMILES string of the molecule is CC(C)n1nc(C(F)F)c(/C=C/CSC2=NOC(C)(C)C2)c1Cl. The number of hydrogen-bond acceptors (Lipinski definition) is 4. The van der Waals surface area contributed by atoms with E-state index in [9.17, 15) is 8.78 Å². The molecule has 0 fully saturated rings. The number of halogens is 3. The van der Waals surface area contributed by atoms with E-state index in [4.69, 9.17) is 16.4 Å². The van der Waals surface area contributed by atoms with Crippen molar-refractivity contribution in [1.29, 1.82) is 0 Å². The molecular weight excluding hydrogens is 344 g/mol.